The minimum absolute atomic E-state index is 0.0588. The maximum absolute atomic E-state index is 6.02. The molecule has 146 valence electrons. The van der Waals surface area contributed by atoms with E-state index >= 15 is 0 Å². The molecule has 1 saturated heterocycles. The van der Waals surface area contributed by atoms with Crippen LogP contribution in [0.3, 0.4) is 0 Å². The van der Waals surface area contributed by atoms with Crippen molar-refractivity contribution in [3.8, 4) is 17.3 Å². The fraction of sp³-hybridized carbons (Fsp3) is 0.316. The van der Waals surface area contributed by atoms with E-state index in [1.165, 1.54) is 0 Å². The minimum Gasteiger partial charge on any atom is -0.487 e. The number of methoxy groups -OCH3 is 2. The Morgan fingerprint density at radius 3 is 2.68 bits per heavy atom. The largest absolute Gasteiger partial charge is 0.487 e. The van der Waals surface area contributed by atoms with E-state index in [9.17, 15) is 0 Å². The first kappa shape index (κ1) is 18.5. The highest BCUT2D eigenvalue weighted by Crippen LogP contribution is 2.27. The van der Waals surface area contributed by atoms with Gasteiger partial charge in [-0.15, -0.1) is 10.2 Å². The number of anilines is 1. The van der Waals surface area contributed by atoms with E-state index in [1.807, 2.05) is 34.9 Å². The van der Waals surface area contributed by atoms with E-state index in [-0.39, 0.29) is 6.10 Å². The number of halogens is 1. The van der Waals surface area contributed by atoms with Gasteiger partial charge in [0.05, 0.1) is 32.1 Å². The van der Waals surface area contributed by atoms with Crippen LogP contribution in [0.15, 0.2) is 42.6 Å². The molecule has 0 aliphatic carbocycles. The van der Waals surface area contributed by atoms with Crippen molar-refractivity contribution in [3.05, 3.63) is 53.4 Å². The van der Waals surface area contributed by atoms with Crippen LogP contribution in [-0.4, -0.2) is 53.2 Å². The fourth-order valence-corrected chi connectivity index (χ4v) is 3.21. The summed E-state index contributed by atoms with van der Waals surface area (Å²) in [5, 5.41) is 9.29. The maximum atomic E-state index is 6.02. The van der Waals surface area contributed by atoms with Gasteiger partial charge in [0.15, 0.2) is 5.82 Å². The molecule has 0 bridgehead atoms. The van der Waals surface area contributed by atoms with Crippen molar-refractivity contribution in [2.45, 2.75) is 12.7 Å². The molecule has 0 spiro atoms. The molecular formula is C19H20ClN5O3. The summed E-state index contributed by atoms with van der Waals surface area (Å²) >= 11 is 6.02. The third kappa shape index (κ3) is 3.74. The highest BCUT2D eigenvalue weighted by molar-refractivity contribution is 6.30. The van der Waals surface area contributed by atoms with E-state index < -0.39 is 0 Å². The van der Waals surface area contributed by atoms with Crippen molar-refractivity contribution in [2.75, 3.05) is 32.2 Å². The molecule has 2 aromatic heterocycles. The van der Waals surface area contributed by atoms with E-state index in [1.54, 1.807) is 26.5 Å². The third-order valence-electron chi connectivity index (χ3n) is 4.40. The summed E-state index contributed by atoms with van der Waals surface area (Å²) in [6.45, 7) is 1.73. The first-order chi connectivity index (χ1) is 13.7. The smallest absolute Gasteiger partial charge is 0.232 e. The molecule has 28 heavy (non-hydrogen) atoms. The Bertz CT molecular complexity index is 941. The van der Waals surface area contributed by atoms with Crippen molar-refractivity contribution in [3.63, 3.8) is 0 Å². The average Bonchev–Trinajstić information content (AvgIpc) is 3.08. The maximum Gasteiger partial charge on any atom is 0.232 e. The van der Waals surface area contributed by atoms with Crippen LogP contribution in [0.5, 0.6) is 11.6 Å². The van der Waals surface area contributed by atoms with Crippen LogP contribution >= 0.6 is 11.6 Å². The second kappa shape index (κ2) is 8.04. The van der Waals surface area contributed by atoms with Crippen LogP contribution < -0.4 is 14.4 Å². The highest BCUT2D eigenvalue weighted by atomic mass is 35.5. The highest BCUT2D eigenvalue weighted by Gasteiger charge is 2.33. The molecule has 1 fully saturated rings. The zero-order valence-corrected chi connectivity index (χ0v) is 16.3. The van der Waals surface area contributed by atoms with E-state index in [0.29, 0.717) is 36.4 Å². The summed E-state index contributed by atoms with van der Waals surface area (Å²) in [4.78, 5) is 6.39. The average molecular weight is 402 g/mol. The van der Waals surface area contributed by atoms with Crippen LogP contribution in [0.1, 0.15) is 5.82 Å². The van der Waals surface area contributed by atoms with Crippen molar-refractivity contribution < 1.29 is 14.2 Å². The Morgan fingerprint density at radius 1 is 1.14 bits per heavy atom. The van der Waals surface area contributed by atoms with Gasteiger partial charge in [0, 0.05) is 18.2 Å². The number of hydrogen-bond acceptors (Lipinski definition) is 7. The third-order valence-corrected chi connectivity index (χ3v) is 4.64. The predicted molar refractivity (Wildman–Crippen MR) is 105 cm³/mol. The van der Waals surface area contributed by atoms with Crippen LogP contribution in [0.25, 0.3) is 5.69 Å². The summed E-state index contributed by atoms with van der Waals surface area (Å²) in [6, 6.07) is 11.1. The first-order valence-corrected chi connectivity index (χ1v) is 9.16. The van der Waals surface area contributed by atoms with Crippen LogP contribution in [0, 0.1) is 0 Å². The Kier molecular flexibility index (Phi) is 5.31. The van der Waals surface area contributed by atoms with Gasteiger partial charge in [0.2, 0.25) is 11.8 Å². The lowest BCUT2D eigenvalue weighted by molar-refractivity contribution is 0.165. The lowest BCUT2D eigenvalue weighted by atomic mass is 10.2. The molecule has 0 amide bonds. The summed E-state index contributed by atoms with van der Waals surface area (Å²) in [6.07, 6.45) is 1.79. The molecular weight excluding hydrogens is 382 g/mol. The summed E-state index contributed by atoms with van der Waals surface area (Å²) < 4.78 is 18.3. The lowest BCUT2D eigenvalue weighted by Crippen LogP contribution is -2.54. The normalized spacial score (nSPS) is 14.0. The monoisotopic (exact) mass is 401 g/mol. The molecule has 0 unspecified atom stereocenters. The Morgan fingerprint density at radius 2 is 2.00 bits per heavy atom. The summed E-state index contributed by atoms with van der Waals surface area (Å²) in [5.41, 5.74) is 0.840. The number of hydrogen-bond donors (Lipinski definition) is 0. The molecule has 0 atom stereocenters. The van der Waals surface area contributed by atoms with Crippen LogP contribution in [0.2, 0.25) is 5.02 Å². The van der Waals surface area contributed by atoms with Gasteiger partial charge < -0.3 is 19.1 Å². The quantitative estimate of drug-likeness (QED) is 0.602. The van der Waals surface area contributed by atoms with Gasteiger partial charge >= 0.3 is 0 Å². The Balaban J connectivity index is 1.52. The van der Waals surface area contributed by atoms with Gasteiger partial charge in [0.1, 0.15) is 18.5 Å². The first-order valence-electron chi connectivity index (χ1n) is 8.78. The SMILES string of the molecule is COCc1nnc(N2CC(Oc3cccc(Cl)c3)C2)n1-c1ccc(OC)nc1. The van der Waals surface area contributed by atoms with Crippen molar-refractivity contribution >= 4 is 17.5 Å². The van der Waals surface area contributed by atoms with E-state index in [0.717, 1.165) is 17.4 Å². The van der Waals surface area contributed by atoms with Crippen LogP contribution in [-0.2, 0) is 11.3 Å². The summed E-state index contributed by atoms with van der Waals surface area (Å²) in [5.74, 6) is 2.73. The second-order valence-corrected chi connectivity index (χ2v) is 6.78. The number of nitrogens with zero attached hydrogens (tertiary/aromatic N) is 5. The van der Waals surface area contributed by atoms with Crippen molar-refractivity contribution in [2.24, 2.45) is 0 Å². The van der Waals surface area contributed by atoms with Gasteiger partial charge in [-0.1, -0.05) is 17.7 Å². The van der Waals surface area contributed by atoms with E-state index in [4.69, 9.17) is 25.8 Å². The standard InChI is InChI=1S/C19H20ClN5O3/c1-26-12-17-22-23-19(25(17)14-6-7-18(27-2)21-9-14)24-10-16(11-24)28-15-5-3-4-13(20)8-15/h3-9,16H,10-12H2,1-2H3. The topological polar surface area (TPSA) is 74.5 Å². The van der Waals surface area contributed by atoms with Gasteiger partial charge in [-0.25, -0.2) is 4.98 Å². The molecule has 4 rings (SSSR count). The molecule has 1 aliphatic heterocycles. The fourth-order valence-electron chi connectivity index (χ4n) is 3.03. The van der Waals surface area contributed by atoms with Crippen molar-refractivity contribution in [1.29, 1.82) is 0 Å². The molecule has 1 aliphatic rings. The number of benzene rings is 1. The molecule has 0 radical (unpaired) electrons. The number of pyridine rings is 1. The lowest BCUT2D eigenvalue weighted by Gasteiger charge is -2.39. The van der Waals surface area contributed by atoms with Gasteiger partial charge in [-0.05, 0) is 24.3 Å². The summed E-state index contributed by atoms with van der Waals surface area (Å²) in [7, 11) is 3.21. The van der Waals surface area contributed by atoms with Gasteiger partial charge in [-0.2, -0.15) is 0 Å². The Hall–Kier alpha value is -2.84. The molecule has 0 N–H and O–H groups in total. The molecule has 1 aromatic carbocycles. The number of aromatic nitrogens is 4. The molecule has 3 aromatic rings. The zero-order valence-electron chi connectivity index (χ0n) is 15.6. The zero-order chi connectivity index (χ0) is 19.5. The van der Waals surface area contributed by atoms with E-state index in [2.05, 4.69) is 20.1 Å². The predicted octanol–water partition coefficient (Wildman–Crippen LogP) is 2.74. The Labute approximate surface area is 167 Å². The van der Waals surface area contributed by atoms with Gasteiger partial charge in [0.25, 0.3) is 0 Å². The van der Waals surface area contributed by atoms with Crippen molar-refractivity contribution in [1.82, 2.24) is 19.7 Å². The second-order valence-electron chi connectivity index (χ2n) is 6.35. The van der Waals surface area contributed by atoms with Crippen LogP contribution in [0.4, 0.5) is 5.95 Å². The minimum atomic E-state index is 0.0588. The number of ether oxygens (including phenoxy) is 3. The molecule has 0 saturated carbocycles. The molecule has 8 nitrogen and oxygen atoms in total. The molecule has 9 heteroatoms. The van der Waals surface area contributed by atoms with Gasteiger partial charge in [-0.3, -0.25) is 4.57 Å². The molecule has 3 heterocycles. The number of rotatable bonds is 7.